The van der Waals surface area contributed by atoms with E-state index in [1.807, 2.05) is 12.3 Å². The Morgan fingerprint density at radius 3 is 3.07 bits per heavy atom. The van der Waals surface area contributed by atoms with Crippen molar-refractivity contribution >= 4 is 28.5 Å². The number of hydrogen-bond donors (Lipinski definition) is 3. The van der Waals surface area contributed by atoms with E-state index in [0.29, 0.717) is 12.1 Å². The molecule has 8 heteroatoms. The first kappa shape index (κ1) is 16.3. The van der Waals surface area contributed by atoms with E-state index in [2.05, 4.69) is 61.7 Å². The van der Waals surface area contributed by atoms with Gasteiger partial charge in [0.25, 0.3) is 0 Å². The Morgan fingerprint density at radius 1 is 1.26 bits per heavy atom. The molecule has 2 atom stereocenters. The molecule has 3 aromatic heterocycles. The van der Waals surface area contributed by atoms with E-state index in [1.165, 1.54) is 5.56 Å². The van der Waals surface area contributed by atoms with E-state index >= 15 is 0 Å². The molecule has 27 heavy (non-hydrogen) atoms. The van der Waals surface area contributed by atoms with Crippen LogP contribution in [0.2, 0.25) is 0 Å². The third kappa shape index (κ3) is 2.68. The fraction of sp³-hybridized carbons (Fsp3) is 0.421. The highest BCUT2D eigenvalue weighted by Crippen LogP contribution is 2.32. The van der Waals surface area contributed by atoms with Gasteiger partial charge in [-0.2, -0.15) is 0 Å². The van der Waals surface area contributed by atoms with Gasteiger partial charge < -0.3 is 20.2 Å². The Bertz CT molecular complexity index is 967. The molecule has 3 aromatic rings. The second kappa shape index (κ2) is 6.38. The van der Waals surface area contributed by atoms with E-state index in [4.69, 9.17) is 4.98 Å². The minimum Gasteiger partial charge on any atom is -0.355 e. The lowest BCUT2D eigenvalue weighted by Gasteiger charge is -2.26. The third-order valence-corrected chi connectivity index (χ3v) is 5.77. The van der Waals surface area contributed by atoms with Gasteiger partial charge in [-0.25, -0.2) is 20.4 Å². The molecule has 0 amide bonds. The number of rotatable bonds is 4. The van der Waals surface area contributed by atoms with Crippen LogP contribution in [0.5, 0.6) is 0 Å². The smallest absolute Gasteiger partial charge is 0.147 e. The molecule has 2 aliphatic rings. The summed E-state index contributed by atoms with van der Waals surface area (Å²) >= 11 is 0. The largest absolute Gasteiger partial charge is 0.355 e. The average Bonchev–Trinajstić information content (AvgIpc) is 3.45. The van der Waals surface area contributed by atoms with Crippen molar-refractivity contribution in [2.75, 3.05) is 35.4 Å². The van der Waals surface area contributed by atoms with Gasteiger partial charge in [0, 0.05) is 37.9 Å². The predicted octanol–water partition coefficient (Wildman–Crippen LogP) is 2.45. The first-order valence-electron chi connectivity index (χ1n) is 9.53. The molecule has 0 radical (unpaired) electrons. The van der Waals surface area contributed by atoms with Gasteiger partial charge in [-0.05, 0) is 31.0 Å². The SMILES string of the molecule is CCC1NNc2nc(N(C)C3CCN(c4ncnc5[nH]ccc45)C3)ccc21. The quantitative estimate of drug-likeness (QED) is 0.656. The lowest BCUT2D eigenvalue weighted by molar-refractivity contribution is 0.605. The number of aromatic nitrogens is 4. The van der Waals surface area contributed by atoms with Crippen LogP contribution in [0, 0.1) is 0 Å². The van der Waals surface area contributed by atoms with Gasteiger partial charge in [-0.3, -0.25) is 0 Å². The summed E-state index contributed by atoms with van der Waals surface area (Å²) in [6.07, 6.45) is 5.67. The maximum Gasteiger partial charge on any atom is 0.147 e. The van der Waals surface area contributed by atoms with Crippen LogP contribution in [0.15, 0.2) is 30.7 Å². The molecular formula is C19H24N8. The summed E-state index contributed by atoms with van der Waals surface area (Å²) in [5.41, 5.74) is 8.65. The van der Waals surface area contributed by atoms with Crippen LogP contribution in [0.25, 0.3) is 11.0 Å². The topological polar surface area (TPSA) is 85.0 Å². The summed E-state index contributed by atoms with van der Waals surface area (Å²) in [6.45, 7) is 4.08. The van der Waals surface area contributed by atoms with Crippen molar-refractivity contribution in [1.29, 1.82) is 0 Å². The van der Waals surface area contributed by atoms with Gasteiger partial charge in [0.1, 0.15) is 29.4 Å². The first-order chi connectivity index (χ1) is 13.2. The molecule has 2 unspecified atom stereocenters. The minimum absolute atomic E-state index is 0.343. The summed E-state index contributed by atoms with van der Waals surface area (Å²) in [5.74, 6) is 2.96. The van der Waals surface area contributed by atoms with Crippen LogP contribution in [-0.2, 0) is 0 Å². The first-order valence-corrected chi connectivity index (χ1v) is 9.53. The number of nitrogens with zero attached hydrogens (tertiary/aromatic N) is 5. The van der Waals surface area contributed by atoms with E-state index in [9.17, 15) is 0 Å². The zero-order chi connectivity index (χ0) is 18.4. The van der Waals surface area contributed by atoms with E-state index in [0.717, 1.165) is 54.4 Å². The van der Waals surface area contributed by atoms with E-state index in [-0.39, 0.29) is 0 Å². The number of aromatic amines is 1. The standard InChI is InChI=1S/C19H24N8/c1-3-15-13-4-5-16(23-18(13)25-24-15)26(2)12-7-9-27(10-12)19-14-6-8-20-17(14)21-11-22-19/h4-6,8,11-12,15,24H,3,7,9-10H2,1-2H3,(H,23,25)(H,20,21,22). The lowest BCUT2D eigenvalue weighted by Crippen LogP contribution is -2.35. The van der Waals surface area contributed by atoms with Gasteiger partial charge in [0.05, 0.1) is 11.4 Å². The van der Waals surface area contributed by atoms with Gasteiger partial charge >= 0.3 is 0 Å². The highest BCUT2D eigenvalue weighted by atomic mass is 15.4. The number of fused-ring (bicyclic) bond motifs is 2. The summed E-state index contributed by atoms with van der Waals surface area (Å²) in [6, 6.07) is 7.11. The average molecular weight is 364 g/mol. The van der Waals surface area contributed by atoms with E-state index in [1.54, 1.807) is 6.33 Å². The molecule has 2 aliphatic heterocycles. The number of H-pyrrole nitrogens is 1. The Labute approximate surface area is 158 Å². The summed E-state index contributed by atoms with van der Waals surface area (Å²) in [7, 11) is 2.13. The van der Waals surface area contributed by atoms with Crippen LogP contribution in [0.1, 0.15) is 31.4 Å². The normalized spacial score (nSPS) is 21.5. The minimum atomic E-state index is 0.343. The Kier molecular flexibility index (Phi) is 3.86. The van der Waals surface area contributed by atoms with Crippen LogP contribution in [0.4, 0.5) is 17.5 Å². The van der Waals surface area contributed by atoms with Crippen molar-refractivity contribution in [3.63, 3.8) is 0 Å². The van der Waals surface area contributed by atoms with E-state index < -0.39 is 0 Å². The third-order valence-electron chi connectivity index (χ3n) is 5.77. The highest BCUT2D eigenvalue weighted by molar-refractivity contribution is 5.87. The van der Waals surface area contributed by atoms with Crippen LogP contribution < -0.4 is 20.7 Å². The fourth-order valence-corrected chi connectivity index (χ4v) is 4.14. The number of likely N-dealkylation sites (N-methyl/N-ethyl adjacent to an activating group) is 1. The molecule has 0 saturated carbocycles. The molecule has 0 aliphatic carbocycles. The van der Waals surface area contributed by atoms with Gasteiger partial charge in [-0.15, -0.1) is 0 Å². The van der Waals surface area contributed by atoms with Crippen LogP contribution >= 0.6 is 0 Å². The molecule has 0 bridgehead atoms. The molecule has 8 nitrogen and oxygen atoms in total. The van der Waals surface area contributed by atoms with Crippen molar-refractivity contribution in [1.82, 2.24) is 25.4 Å². The van der Waals surface area contributed by atoms with Crippen molar-refractivity contribution < 1.29 is 0 Å². The van der Waals surface area contributed by atoms with Crippen molar-refractivity contribution in [3.8, 4) is 0 Å². The molecule has 0 spiro atoms. The van der Waals surface area contributed by atoms with Gasteiger partial charge in [0.2, 0.25) is 0 Å². The van der Waals surface area contributed by atoms with Gasteiger partial charge in [-0.1, -0.05) is 6.92 Å². The zero-order valence-electron chi connectivity index (χ0n) is 15.6. The lowest BCUT2D eigenvalue weighted by atomic mass is 10.1. The van der Waals surface area contributed by atoms with Crippen molar-refractivity contribution in [3.05, 3.63) is 36.3 Å². The van der Waals surface area contributed by atoms with Crippen LogP contribution in [-0.4, -0.2) is 46.1 Å². The summed E-state index contributed by atoms with van der Waals surface area (Å²) in [5, 5.41) is 1.08. The number of pyridine rings is 1. The zero-order valence-corrected chi connectivity index (χ0v) is 15.6. The summed E-state index contributed by atoms with van der Waals surface area (Å²) < 4.78 is 0. The number of nitrogens with one attached hydrogen (secondary N) is 3. The summed E-state index contributed by atoms with van der Waals surface area (Å²) in [4.78, 5) is 21.5. The van der Waals surface area contributed by atoms with Crippen molar-refractivity contribution in [2.45, 2.75) is 31.8 Å². The predicted molar refractivity (Wildman–Crippen MR) is 107 cm³/mol. The second-order valence-electron chi connectivity index (χ2n) is 7.27. The molecule has 0 aromatic carbocycles. The Hall–Kier alpha value is -2.87. The molecule has 1 saturated heterocycles. The number of anilines is 3. The molecule has 5 rings (SSSR count). The van der Waals surface area contributed by atoms with Crippen molar-refractivity contribution in [2.24, 2.45) is 0 Å². The maximum atomic E-state index is 4.84. The highest BCUT2D eigenvalue weighted by Gasteiger charge is 2.29. The van der Waals surface area contributed by atoms with Crippen LogP contribution in [0.3, 0.4) is 0 Å². The fourth-order valence-electron chi connectivity index (χ4n) is 4.14. The molecule has 1 fully saturated rings. The Morgan fingerprint density at radius 2 is 2.19 bits per heavy atom. The number of hydrazine groups is 1. The molecular weight excluding hydrogens is 340 g/mol. The molecule has 3 N–H and O–H groups in total. The Balaban J connectivity index is 1.35. The molecule has 5 heterocycles. The monoisotopic (exact) mass is 364 g/mol. The van der Waals surface area contributed by atoms with Gasteiger partial charge in [0.15, 0.2) is 0 Å². The maximum absolute atomic E-state index is 4.84. The molecule has 140 valence electrons. The number of hydrogen-bond acceptors (Lipinski definition) is 7. The second-order valence-corrected chi connectivity index (χ2v) is 7.27.